The fourth-order valence-electron chi connectivity index (χ4n) is 1.62. The Morgan fingerprint density at radius 1 is 1.33 bits per heavy atom. The average Bonchev–Trinajstić information content (AvgIpc) is 2.44. The number of nitrogens with one attached hydrogen (secondary N) is 1. The maximum Gasteiger partial charge on any atom is 0.339 e. The molecule has 21 heavy (non-hydrogen) atoms. The number of carboxylic acids is 1. The number of hydrogen-bond donors (Lipinski definition) is 3. The number of carboxylic acid groups (broad SMARTS) is 1. The summed E-state index contributed by atoms with van der Waals surface area (Å²) in [5.41, 5.74) is -0.339. The van der Waals surface area contributed by atoms with Crippen molar-refractivity contribution < 1.29 is 32.9 Å². The molecule has 0 radical (unpaired) electrons. The molecular formula is C12H17NO7S. The Bertz CT molecular complexity index is 627. The van der Waals surface area contributed by atoms with E-state index in [0.717, 1.165) is 12.1 Å². The van der Waals surface area contributed by atoms with Gasteiger partial charge in [0.25, 0.3) is 0 Å². The first kappa shape index (κ1) is 17.2. The van der Waals surface area contributed by atoms with Crippen molar-refractivity contribution in [1.29, 1.82) is 0 Å². The van der Waals surface area contributed by atoms with Crippen LogP contribution in [-0.2, 0) is 10.0 Å². The van der Waals surface area contributed by atoms with Crippen LogP contribution in [0, 0.1) is 0 Å². The van der Waals surface area contributed by atoms with Crippen LogP contribution in [0.15, 0.2) is 17.0 Å². The molecule has 118 valence electrons. The highest BCUT2D eigenvalue weighted by Gasteiger charge is 2.24. The van der Waals surface area contributed by atoms with Gasteiger partial charge >= 0.3 is 5.97 Å². The molecule has 3 N–H and O–H groups in total. The maximum absolute atomic E-state index is 12.1. The molecule has 8 nitrogen and oxygen atoms in total. The molecule has 0 bridgehead atoms. The zero-order valence-corrected chi connectivity index (χ0v) is 12.6. The van der Waals surface area contributed by atoms with Gasteiger partial charge in [-0.15, -0.1) is 0 Å². The molecule has 0 aliphatic carbocycles. The number of aromatic carboxylic acids is 1. The quantitative estimate of drug-likeness (QED) is 0.649. The van der Waals surface area contributed by atoms with E-state index in [-0.39, 0.29) is 22.0 Å². The predicted molar refractivity (Wildman–Crippen MR) is 73.4 cm³/mol. The minimum atomic E-state index is -3.99. The zero-order chi connectivity index (χ0) is 16.2. The number of rotatable bonds is 7. The Labute approximate surface area is 122 Å². The highest BCUT2D eigenvalue weighted by Crippen LogP contribution is 2.34. The van der Waals surface area contributed by atoms with Gasteiger partial charge in [0.15, 0.2) is 11.5 Å². The summed E-state index contributed by atoms with van der Waals surface area (Å²) in [6.45, 7) is 1.08. The fourth-order valence-corrected chi connectivity index (χ4v) is 2.90. The van der Waals surface area contributed by atoms with Crippen molar-refractivity contribution in [1.82, 2.24) is 4.72 Å². The van der Waals surface area contributed by atoms with Gasteiger partial charge in [-0.05, 0) is 13.0 Å². The van der Waals surface area contributed by atoms with Crippen molar-refractivity contribution in [3.05, 3.63) is 17.7 Å². The van der Waals surface area contributed by atoms with Crippen molar-refractivity contribution in [2.24, 2.45) is 0 Å². The third kappa shape index (κ3) is 3.84. The summed E-state index contributed by atoms with van der Waals surface area (Å²) in [4.78, 5) is 10.9. The second-order valence-corrected chi connectivity index (χ2v) is 5.93. The number of hydrogen-bond acceptors (Lipinski definition) is 6. The minimum absolute atomic E-state index is 0.0190. The minimum Gasteiger partial charge on any atom is -0.493 e. The number of aliphatic hydroxyl groups is 1. The first-order chi connectivity index (χ1) is 9.76. The smallest absolute Gasteiger partial charge is 0.339 e. The number of benzene rings is 1. The van der Waals surface area contributed by atoms with Crippen molar-refractivity contribution >= 4 is 16.0 Å². The lowest BCUT2D eigenvalue weighted by atomic mass is 10.2. The lowest BCUT2D eigenvalue weighted by Crippen LogP contribution is -2.35. The lowest BCUT2D eigenvalue weighted by Gasteiger charge is -2.15. The van der Waals surface area contributed by atoms with Crippen LogP contribution in [0.2, 0.25) is 0 Å². The maximum atomic E-state index is 12.1. The van der Waals surface area contributed by atoms with E-state index in [0.29, 0.717) is 0 Å². The second-order valence-electron chi connectivity index (χ2n) is 4.22. The van der Waals surface area contributed by atoms with Gasteiger partial charge in [0.1, 0.15) is 5.56 Å². The van der Waals surface area contributed by atoms with Crippen molar-refractivity contribution in [2.45, 2.75) is 17.9 Å². The molecule has 0 amide bonds. The molecule has 0 fully saturated rings. The van der Waals surface area contributed by atoms with Crippen LogP contribution in [0.1, 0.15) is 17.3 Å². The van der Waals surface area contributed by atoms with Gasteiger partial charge in [0.05, 0.1) is 25.7 Å². The average molecular weight is 319 g/mol. The molecule has 1 unspecified atom stereocenters. The predicted octanol–water partition coefficient (Wildman–Crippen LogP) is 0.0611. The van der Waals surface area contributed by atoms with Crippen LogP contribution < -0.4 is 14.2 Å². The molecule has 0 aliphatic heterocycles. The number of ether oxygens (including phenoxy) is 2. The Morgan fingerprint density at radius 2 is 1.95 bits per heavy atom. The molecule has 0 spiro atoms. The van der Waals surface area contributed by atoms with Gasteiger partial charge in [-0.25, -0.2) is 17.9 Å². The summed E-state index contributed by atoms with van der Waals surface area (Å²) in [5, 5.41) is 18.0. The third-order valence-corrected chi connectivity index (χ3v) is 4.19. The van der Waals surface area contributed by atoms with E-state index >= 15 is 0 Å². The van der Waals surface area contributed by atoms with Gasteiger partial charge in [-0.2, -0.15) is 0 Å². The fraction of sp³-hybridized carbons (Fsp3) is 0.417. The molecule has 0 aliphatic rings. The van der Waals surface area contributed by atoms with Crippen LogP contribution in [0.25, 0.3) is 0 Å². The number of carbonyl (C=O) groups is 1. The van der Waals surface area contributed by atoms with E-state index in [1.807, 2.05) is 0 Å². The molecule has 1 aromatic rings. The monoisotopic (exact) mass is 319 g/mol. The molecule has 0 saturated carbocycles. The summed E-state index contributed by atoms with van der Waals surface area (Å²) in [5.74, 6) is -1.44. The molecular weight excluding hydrogens is 302 g/mol. The largest absolute Gasteiger partial charge is 0.493 e. The van der Waals surface area contributed by atoms with Gasteiger partial charge in [0, 0.05) is 12.1 Å². The van der Waals surface area contributed by atoms with E-state index in [9.17, 15) is 13.2 Å². The zero-order valence-electron chi connectivity index (χ0n) is 11.8. The lowest BCUT2D eigenvalue weighted by molar-refractivity contribution is 0.0692. The summed E-state index contributed by atoms with van der Waals surface area (Å²) < 4.78 is 36.4. The van der Waals surface area contributed by atoms with Crippen LogP contribution in [0.3, 0.4) is 0 Å². The van der Waals surface area contributed by atoms with Crippen LogP contribution in [0.5, 0.6) is 11.5 Å². The molecule has 0 heterocycles. The molecule has 9 heteroatoms. The standard InChI is InChI=1S/C12H17NO7S/c1-7(6-14)13-21(17,18)8-4-9(12(15)16)11(20-3)10(5-8)19-2/h4-5,7,13-14H,6H2,1-3H3,(H,15,16). The number of sulfonamides is 1. The van der Waals surface area contributed by atoms with Crippen molar-refractivity contribution in [3.8, 4) is 11.5 Å². The first-order valence-electron chi connectivity index (χ1n) is 5.89. The van der Waals surface area contributed by atoms with Crippen molar-refractivity contribution in [2.75, 3.05) is 20.8 Å². The number of aliphatic hydroxyl groups excluding tert-OH is 1. The Morgan fingerprint density at radius 3 is 2.38 bits per heavy atom. The second kappa shape index (κ2) is 6.74. The van der Waals surface area contributed by atoms with E-state index in [1.165, 1.54) is 21.1 Å². The normalized spacial score (nSPS) is 12.8. The summed E-state index contributed by atoms with van der Waals surface area (Å²) in [7, 11) is -1.47. The Kier molecular flexibility index (Phi) is 5.53. The molecule has 1 aromatic carbocycles. The van der Waals surface area contributed by atoms with Crippen LogP contribution in [0.4, 0.5) is 0 Å². The number of methoxy groups -OCH3 is 2. The van der Waals surface area contributed by atoms with E-state index < -0.39 is 28.6 Å². The topological polar surface area (TPSA) is 122 Å². The van der Waals surface area contributed by atoms with Crippen LogP contribution in [-0.4, -0.2) is 51.5 Å². The van der Waals surface area contributed by atoms with Crippen molar-refractivity contribution in [3.63, 3.8) is 0 Å². The summed E-state index contributed by atoms with van der Waals surface area (Å²) in [6.07, 6.45) is 0. The Hall–Kier alpha value is -1.84. The molecule has 1 atom stereocenters. The molecule has 1 rings (SSSR count). The third-order valence-electron chi connectivity index (χ3n) is 2.62. The summed E-state index contributed by atoms with van der Waals surface area (Å²) >= 11 is 0. The van der Waals surface area contributed by atoms with Gasteiger partial charge in [0.2, 0.25) is 10.0 Å². The molecule has 0 saturated heterocycles. The van der Waals surface area contributed by atoms with Crippen LogP contribution >= 0.6 is 0 Å². The van der Waals surface area contributed by atoms with E-state index in [4.69, 9.17) is 19.7 Å². The van der Waals surface area contributed by atoms with Gasteiger partial charge in [-0.1, -0.05) is 0 Å². The SMILES string of the molecule is COc1cc(S(=O)(=O)NC(C)CO)cc(C(=O)O)c1OC. The molecule has 0 aromatic heterocycles. The first-order valence-corrected chi connectivity index (χ1v) is 7.37. The van der Waals surface area contributed by atoms with Gasteiger partial charge in [-0.3, -0.25) is 0 Å². The highest BCUT2D eigenvalue weighted by atomic mass is 32.2. The van der Waals surface area contributed by atoms with Gasteiger partial charge < -0.3 is 19.7 Å². The Balaban J connectivity index is 3.45. The van der Waals surface area contributed by atoms with E-state index in [1.54, 1.807) is 0 Å². The van der Waals surface area contributed by atoms with E-state index in [2.05, 4.69) is 4.72 Å². The summed E-state index contributed by atoms with van der Waals surface area (Å²) in [6, 6.07) is 1.41. The highest BCUT2D eigenvalue weighted by molar-refractivity contribution is 7.89.